The van der Waals surface area contributed by atoms with Crippen LogP contribution in [0.25, 0.3) is 0 Å². The molecule has 0 bridgehead atoms. The summed E-state index contributed by atoms with van der Waals surface area (Å²) in [5.41, 5.74) is 9.48. The molecule has 92 valence electrons. The van der Waals surface area contributed by atoms with E-state index in [1.54, 1.807) is 0 Å². The molecule has 10 heteroatoms. The van der Waals surface area contributed by atoms with Gasteiger partial charge >= 0.3 is 13.6 Å². The SMILES string of the molecule is NCC(O)P(=O)(O)O.N[C@@H](CO)C(=O)O. The van der Waals surface area contributed by atoms with Gasteiger partial charge < -0.3 is 36.6 Å². The molecular formula is C5H15N2O7P. The Labute approximate surface area is 85.5 Å². The van der Waals surface area contributed by atoms with Gasteiger partial charge in [-0.1, -0.05) is 0 Å². The maximum atomic E-state index is 9.93. The number of hydrogen-bond donors (Lipinski definition) is 7. The van der Waals surface area contributed by atoms with Crippen LogP contribution >= 0.6 is 7.60 Å². The smallest absolute Gasteiger partial charge is 0.355 e. The molecule has 0 fully saturated rings. The van der Waals surface area contributed by atoms with Gasteiger partial charge in [0.05, 0.1) is 6.61 Å². The van der Waals surface area contributed by atoms with Gasteiger partial charge in [0.1, 0.15) is 6.04 Å². The van der Waals surface area contributed by atoms with Crippen LogP contribution in [0.2, 0.25) is 0 Å². The first kappa shape index (κ1) is 16.9. The van der Waals surface area contributed by atoms with Crippen LogP contribution in [0.1, 0.15) is 0 Å². The van der Waals surface area contributed by atoms with Crippen molar-refractivity contribution in [3.63, 3.8) is 0 Å². The second-order valence-corrected chi connectivity index (χ2v) is 4.21. The van der Waals surface area contributed by atoms with Gasteiger partial charge in [-0.15, -0.1) is 0 Å². The van der Waals surface area contributed by atoms with Crippen LogP contribution in [0.4, 0.5) is 0 Å². The van der Waals surface area contributed by atoms with E-state index < -0.39 is 38.6 Å². The molecule has 0 aliphatic heterocycles. The van der Waals surface area contributed by atoms with Crippen LogP contribution in [0.5, 0.6) is 0 Å². The second-order valence-electron chi connectivity index (χ2n) is 2.43. The number of hydrogen-bond acceptors (Lipinski definition) is 6. The van der Waals surface area contributed by atoms with E-state index in [9.17, 15) is 9.36 Å². The fourth-order valence-electron chi connectivity index (χ4n) is 0.215. The van der Waals surface area contributed by atoms with Crippen LogP contribution < -0.4 is 11.5 Å². The lowest BCUT2D eigenvalue weighted by molar-refractivity contribution is -0.139. The first-order valence-electron chi connectivity index (χ1n) is 3.69. The van der Waals surface area contributed by atoms with Crippen molar-refractivity contribution in [2.24, 2.45) is 11.5 Å². The van der Waals surface area contributed by atoms with Crippen molar-refractivity contribution in [2.75, 3.05) is 13.2 Å². The standard InChI is InChI=1S/C3H7NO3.C2H8NO4P/c4-2(1-5)3(6)7;3-1-2(4)8(5,6)7/h2,5H,1,4H2,(H,6,7);2,4H,1,3H2,(H2,5,6,7)/t2-;/m0./s1. The van der Waals surface area contributed by atoms with Crippen molar-refractivity contribution in [3.05, 3.63) is 0 Å². The predicted molar refractivity (Wildman–Crippen MR) is 49.8 cm³/mol. The first-order chi connectivity index (χ1) is 6.66. The summed E-state index contributed by atoms with van der Waals surface area (Å²) in [5, 5.41) is 24.2. The van der Waals surface area contributed by atoms with E-state index in [0.29, 0.717) is 0 Å². The number of carboxylic acid groups (broad SMARTS) is 1. The summed E-state index contributed by atoms with van der Waals surface area (Å²) in [4.78, 5) is 25.8. The highest BCUT2D eigenvalue weighted by atomic mass is 31.2. The molecule has 0 aromatic heterocycles. The van der Waals surface area contributed by atoms with Crippen molar-refractivity contribution in [1.29, 1.82) is 0 Å². The largest absolute Gasteiger partial charge is 0.480 e. The number of rotatable bonds is 4. The topological polar surface area (TPSA) is 187 Å². The Morgan fingerprint density at radius 2 is 1.80 bits per heavy atom. The fourth-order valence-corrected chi connectivity index (χ4v) is 0.490. The number of aliphatic hydroxyl groups excluding tert-OH is 2. The van der Waals surface area contributed by atoms with E-state index in [-0.39, 0.29) is 0 Å². The molecule has 0 spiro atoms. The van der Waals surface area contributed by atoms with Crippen LogP contribution in [0, 0.1) is 0 Å². The zero-order chi connectivity index (χ0) is 12.6. The molecule has 15 heavy (non-hydrogen) atoms. The van der Waals surface area contributed by atoms with Crippen LogP contribution in [-0.2, 0) is 9.36 Å². The number of aliphatic carboxylic acids is 1. The summed E-state index contributed by atoms with van der Waals surface area (Å²) in [6.07, 6.45) is 0. The summed E-state index contributed by atoms with van der Waals surface area (Å²) in [5.74, 6) is -2.88. The Kier molecular flexibility index (Phi) is 8.68. The molecule has 0 aliphatic carbocycles. The van der Waals surface area contributed by atoms with Gasteiger partial charge in [0.2, 0.25) is 0 Å². The number of carbonyl (C=O) groups is 1. The summed E-state index contributed by atoms with van der Waals surface area (Å²) in [6, 6.07) is -1.13. The van der Waals surface area contributed by atoms with E-state index in [0.717, 1.165) is 0 Å². The Bertz CT molecular complexity index is 229. The first-order valence-corrected chi connectivity index (χ1v) is 5.37. The minimum atomic E-state index is -4.33. The molecule has 0 amide bonds. The third-order valence-electron chi connectivity index (χ3n) is 1.11. The second kappa shape index (κ2) is 7.71. The predicted octanol–water partition coefficient (Wildman–Crippen LogP) is -3.17. The highest BCUT2D eigenvalue weighted by molar-refractivity contribution is 7.52. The molecule has 0 saturated carbocycles. The van der Waals surface area contributed by atoms with E-state index in [4.69, 9.17) is 36.6 Å². The highest BCUT2D eigenvalue weighted by Gasteiger charge is 2.23. The summed E-state index contributed by atoms with van der Waals surface area (Å²) in [6.45, 7) is -0.917. The van der Waals surface area contributed by atoms with Gasteiger partial charge in [0.25, 0.3) is 0 Å². The average molecular weight is 246 g/mol. The van der Waals surface area contributed by atoms with Crippen molar-refractivity contribution in [1.82, 2.24) is 0 Å². The summed E-state index contributed by atoms with van der Waals surface area (Å²) >= 11 is 0. The zero-order valence-corrected chi connectivity index (χ0v) is 8.62. The molecular weight excluding hydrogens is 231 g/mol. The maximum absolute atomic E-state index is 9.93. The van der Waals surface area contributed by atoms with Gasteiger partial charge in [-0.05, 0) is 0 Å². The van der Waals surface area contributed by atoms with Crippen LogP contribution in [0.3, 0.4) is 0 Å². The van der Waals surface area contributed by atoms with Crippen molar-refractivity contribution >= 4 is 13.6 Å². The third-order valence-corrected chi connectivity index (χ3v) is 2.10. The van der Waals surface area contributed by atoms with Gasteiger partial charge in [-0.2, -0.15) is 0 Å². The lowest BCUT2D eigenvalue weighted by Crippen LogP contribution is -2.33. The normalized spacial score (nSPS) is 14.8. The van der Waals surface area contributed by atoms with Gasteiger partial charge in [-0.25, -0.2) is 0 Å². The fraction of sp³-hybridized carbons (Fsp3) is 0.800. The molecule has 9 nitrogen and oxygen atoms in total. The minimum Gasteiger partial charge on any atom is -0.480 e. The van der Waals surface area contributed by atoms with E-state index >= 15 is 0 Å². The Morgan fingerprint density at radius 1 is 1.40 bits per heavy atom. The molecule has 2 atom stereocenters. The third kappa shape index (κ3) is 9.76. The monoisotopic (exact) mass is 246 g/mol. The molecule has 0 aromatic carbocycles. The minimum absolute atomic E-state index is 0.412. The van der Waals surface area contributed by atoms with E-state index in [2.05, 4.69) is 0 Å². The lowest BCUT2D eigenvalue weighted by Gasteiger charge is -2.07. The molecule has 0 saturated heterocycles. The van der Waals surface area contributed by atoms with E-state index in [1.807, 2.05) is 0 Å². The molecule has 0 aliphatic rings. The summed E-state index contributed by atoms with van der Waals surface area (Å²) < 4.78 is 9.93. The lowest BCUT2D eigenvalue weighted by atomic mass is 10.3. The molecule has 0 aromatic rings. The zero-order valence-electron chi connectivity index (χ0n) is 7.72. The Balaban J connectivity index is 0. The highest BCUT2D eigenvalue weighted by Crippen LogP contribution is 2.38. The molecule has 0 heterocycles. The number of nitrogens with two attached hydrogens (primary N) is 2. The summed E-state index contributed by atoms with van der Waals surface area (Å²) in [7, 11) is -4.33. The van der Waals surface area contributed by atoms with Crippen molar-refractivity contribution in [3.8, 4) is 0 Å². The Hall–Kier alpha value is -0.540. The van der Waals surface area contributed by atoms with Crippen LogP contribution in [0.15, 0.2) is 0 Å². The molecule has 0 rings (SSSR count). The molecule has 0 radical (unpaired) electrons. The van der Waals surface area contributed by atoms with Crippen molar-refractivity contribution < 1.29 is 34.5 Å². The molecule has 1 unspecified atom stereocenters. The van der Waals surface area contributed by atoms with Gasteiger partial charge in [0, 0.05) is 6.54 Å². The van der Waals surface area contributed by atoms with Crippen LogP contribution in [-0.4, -0.2) is 56.1 Å². The van der Waals surface area contributed by atoms with Gasteiger partial charge in [-0.3, -0.25) is 9.36 Å². The quantitative estimate of drug-likeness (QED) is 0.251. The maximum Gasteiger partial charge on any atom is 0.355 e. The average Bonchev–Trinajstić information content (AvgIpc) is 2.14. The van der Waals surface area contributed by atoms with Crippen molar-refractivity contribution in [2.45, 2.75) is 11.9 Å². The van der Waals surface area contributed by atoms with Gasteiger partial charge in [0.15, 0.2) is 5.85 Å². The van der Waals surface area contributed by atoms with E-state index in [1.165, 1.54) is 0 Å². The number of aliphatic hydroxyl groups is 2. The number of carboxylic acids is 1. The Morgan fingerprint density at radius 3 is 1.80 bits per heavy atom. The molecule has 9 N–H and O–H groups in total.